The Labute approximate surface area is 158 Å². The van der Waals surface area contributed by atoms with Gasteiger partial charge < -0.3 is 19.7 Å². The van der Waals surface area contributed by atoms with E-state index in [0.29, 0.717) is 11.5 Å². The largest absolute Gasteiger partial charge is 0.454 e. The molecule has 2 amide bonds. The predicted molar refractivity (Wildman–Crippen MR) is 104 cm³/mol. The number of anilines is 1. The molecule has 1 N–H and O–H groups in total. The summed E-state index contributed by atoms with van der Waals surface area (Å²) < 4.78 is 10.6. The quantitative estimate of drug-likeness (QED) is 0.826. The molecule has 0 saturated heterocycles. The van der Waals surface area contributed by atoms with Crippen molar-refractivity contribution in [3.63, 3.8) is 0 Å². The van der Waals surface area contributed by atoms with Gasteiger partial charge in [0.2, 0.25) is 18.6 Å². The highest BCUT2D eigenvalue weighted by Crippen LogP contribution is 2.32. The Kier molecular flexibility index (Phi) is 5.45. The van der Waals surface area contributed by atoms with Gasteiger partial charge in [0.1, 0.15) is 0 Å². The van der Waals surface area contributed by atoms with Crippen LogP contribution in [0.4, 0.5) is 5.69 Å². The molecule has 0 aliphatic carbocycles. The minimum absolute atomic E-state index is 0.0297. The van der Waals surface area contributed by atoms with Gasteiger partial charge in [-0.15, -0.1) is 0 Å². The molecule has 6 heteroatoms. The maximum Gasteiger partial charge on any atom is 0.246 e. The lowest BCUT2D eigenvalue weighted by Gasteiger charge is -2.16. The van der Waals surface area contributed by atoms with Gasteiger partial charge in [-0.25, -0.2) is 0 Å². The number of hydrogen-bond donors (Lipinski definition) is 1. The van der Waals surface area contributed by atoms with E-state index < -0.39 is 0 Å². The molecule has 140 valence electrons. The number of aryl methyl sites for hydroxylation is 2. The van der Waals surface area contributed by atoms with Crippen LogP contribution in [0.15, 0.2) is 42.5 Å². The van der Waals surface area contributed by atoms with Crippen LogP contribution in [0.5, 0.6) is 11.5 Å². The molecule has 0 fully saturated rings. The highest BCUT2D eigenvalue weighted by atomic mass is 16.7. The number of hydrogen-bond acceptors (Lipinski definition) is 4. The molecule has 0 spiro atoms. The monoisotopic (exact) mass is 366 g/mol. The molecule has 2 aromatic carbocycles. The fourth-order valence-corrected chi connectivity index (χ4v) is 2.80. The van der Waals surface area contributed by atoms with Gasteiger partial charge in [-0.1, -0.05) is 24.3 Å². The third-order valence-corrected chi connectivity index (χ3v) is 4.32. The molecular formula is C21H22N2O4. The van der Waals surface area contributed by atoms with Crippen molar-refractivity contribution in [1.82, 2.24) is 4.90 Å². The van der Waals surface area contributed by atoms with Gasteiger partial charge in [-0.2, -0.15) is 0 Å². The molecule has 0 unspecified atom stereocenters. The third-order valence-electron chi connectivity index (χ3n) is 4.32. The summed E-state index contributed by atoms with van der Waals surface area (Å²) in [7, 11) is 1.59. The number of para-hydroxylation sites is 1. The summed E-state index contributed by atoms with van der Waals surface area (Å²) in [5.74, 6) is 0.855. The Morgan fingerprint density at radius 1 is 1.11 bits per heavy atom. The molecule has 6 nitrogen and oxygen atoms in total. The summed E-state index contributed by atoms with van der Waals surface area (Å²) in [6.07, 6.45) is 3.12. The van der Waals surface area contributed by atoms with E-state index in [9.17, 15) is 9.59 Å². The second-order valence-corrected chi connectivity index (χ2v) is 6.46. The van der Waals surface area contributed by atoms with Crippen LogP contribution in [0, 0.1) is 13.8 Å². The van der Waals surface area contributed by atoms with E-state index in [2.05, 4.69) is 5.32 Å². The number of rotatable bonds is 5. The second-order valence-electron chi connectivity index (χ2n) is 6.46. The van der Waals surface area contributed by atoms with E-state index in [4.69, 9.17) is 9.47 Å². The van der Waals surface area contributed by atoms with E-state index >= 15 is 0 Å². The highest BCUT2D eigenvalue weighted by molar-refractivity contribution is 5.98. The summed E-state index contributed by atoms with van der Waals surface area (Å²) in [6.45, 7) is 4.05. The van der Waals surface area contributed by atoms with E-state index in [1.54, 1.807) is 25.3 Å². The van der Waals surface area contributed by atoms with Crippen LogP contribution in [0.2, 0.25) is 0 Å². The van der Waals surface area contributed by atoms with Crippen LogP contribution in [-0.4, -0.2) is 37.1 Å². The van der Waals surface area contributed by atoms with Gasteiger partial charge in [0, 0.05) is 18.8 Å². The van der Waals surface area contributed by atoms with Crippen LogP contribution < -0.4 is 14.8 Å². The van der Waals surface area contributed by atoms with Crippen LogP contribution in [0.3, 0.4) is 0 Å². The van der Waals surface area contributed by atoms with Gasteiger partial charge >= 0.3 is 0 Å². The van der Waals surface area contributed by atoms with Gasteiger partial charge in [-0.3, -0.25) is 9.59 Å². The first-order valence-electron chi connectivity index (χ1n) is 8.63. The maximum absolute atomic E-state index is 12.3. The molecule has 1 aliphatic rings. The zero-order valence-electron chi connectivity index (χ0n) is 15.6. The van der Waals surface area contributed by atoms with Crippen molar-refractivity contribution in [3.8, 4) is 11.5 Å². The average Bonchev–Trinajstić information content (AvgIpc) is 3.10. The standard InChI is InChI=1S/C21H22N2O4/c1-14-5-4-6-15(2)21(14)22-19(24)12-23(3)20(25)10-8-16-7-9-17-18(11-16)27-13-26-17/h4-11H,12-13H2,1-3H3,(H,22,24)/b10-8+. The molecule has 1 heterocycles. The molecule has 0 bridgehead atoms. The van der Waals surface area contributed by atoms with E-state index in [0.717, 1.165) is 22.4 Å². The third kappa shape index (κ3) is 4.47. The normalized spacial score (nSPS) is 12.3. The fraction of sp³-hybridized carbons (Fsp3) is 0.238. The first-order valence-corrected chi connectivity index (χ1v) is 8.63. The smallest absolute Gasteiger partial charge is 0.246 e. The molecule has 2 aromatic rings. The number of benzene rings is 2. The zero-order chi connectivity index (χ0) is 19.4. The van der Waals surface area contributed by atoms with Gasteiger partial charge in [0.05, 0.1) is 6.54 Å². The van der Waals surface area contributed by atoms with Crippen molar-refractivity contribution in [2.75, 3.05) is 25.7 Å². The summed E-state index contributed by atoms with van der Waals surface area (Å²) in [4.78, 5) is 25.9. The van der Waals surface area contributed by atoms with Crippen molar-refractivity contribution in [2.45, 2.75) is 13.8 Å². The van der Waals surface area contributed by atoms with Gasteiger partial charge in [-0.05, 0) is 48.7 Å². The van der Waals surface area contributed by atoms with Crippen molar-refractivity contribution < 1.29 is 19.1 Å². The molecule has 3 rings (SSSR count). The number of carbonyl (C=O) groups excluding carboxylic acids is 2. The number of nitrogens with one attached hydrogen (secondary N) is 1. The summed E-state index contributed by atoms with van der Waals surface area (Å²) in [6, 6.07) is 11.3. The highest BCUT2D eigenvalue weighted by Gasteiger charge is 2.14. The summed E-state index contributed by atoms with van der Waals surface area (Å²) >= 11 is 0. The van der Waals surface area contributed by atoms with Crippen molar-refractivity contribution >= 4 is 23.6 Å². The van der Waals surface area contributed by atoms with Gasteiger partial charge in [0.25, 0.3) is 0 Å². The SMILES string of the molecule is Cc1cccc(C)c1NC(=O)CN(C)C(=O)/C=C/c1ccc2c(c1)OCO2. The summed E-state index contributed by atoms with van der Waals surface area (Å²) in [5, 5.41) is 2.88. The van der Waals surface area contributed by atoms with Crippen LogP contribution in [0.1, 0.15) is 16.7 Å². The Morgan fingerprint density at radius 3 is 2.56 bits per heavy atom. The molecule has 0 atom stereocenters. The molecular weight excluding hydrogens is 344 g/mol. The van der Waals surface area contributed by atoms with Crippen LogP contribution in [-0.2, 0) is 9.59 Å². The Balaban J connectivity index is 1.58. The molecule has 1 aliphatic heterocycles. The topological polar surface area (TPSA) is 67.9 Å². The molecule has 0 radical (unpaired) electrons. The lowest BCUT2D eigenvalue weighted by Crippen LogP contribution is -2.34. The number of likely N-dealkylation sites (N-methyl/N-ethyl adjacent to an activating group) is 1. The van der Waals surface area contributed by atoms with Crippen molar-refractivity contribution in [1.29, 1.82) is 0 Å². The van der Waals surface area contributed by atoms with E-state index in [1.807, 2.05) is 38.1 Å². The van der Waals surface area contributed by atoms with Crippen LogP contribution >= 0.6 is 0 Å². The first kappa shape index (κ1) is 18.5. The lowest BCUT2D eigenvalue weighted by atomic mass is 10.1. The predicted octanol–water partition coefficient (Wildman–Crippen LogP) is 3.14. The molecule has 27 heavy (non-hydrogen) atoms. The minimum Gasteiger partial charge on any atom is -0.454 e. The van der Waals surface area contributed by atoms with E-state index in [-0.39, 0.29) is 25.2 Å². The van der Waals surface area contributed by atoms with Gasteiger partial charge in [0.15, 0.2) is 11.5 Å². The van der Waals surface area contributed by atoms with Crippen LogP contribution in [0.25, 0.3) is 6.08 Å². The maximum atomic E-state index is 12.3. The first-order chi connectivity index (χ1) is 12.9. The zero-order valence-corrected chi connectivity index (χ0v) is 15.6. The number of carbonyl (C=O) groups is 2. The number of ether oxygens (including phenoxy) is 2. The lowest BCUT2D eigenvalue weighted by molar-refractivity contribution is -0.129. The number of fused-ring (bicyclic) bond motifs is 1. The number of nitrogens with zero attached hydrogens (tertiary/aromatic N) is 1. The summed E-state index contributed by atoms with van der Waals surface area (Å²) in [5.41, 5.74) is 3.58. The Bertz CT molecular complexity index is 885. The average molecular weight is 366 g/mol. The fourth-order valence-electron chi connectivity index (χ4n) is 2.80. The Hall–Kier alpha value is -3.28. The van der Waals surface area contributed by atoms with Crippen molar-refractivity contribution in [3.05, 3.63) is 59.2 Å². The Morgan fingerprint density at radius 2 is 1.81 bits per heavy atom. The van der Waals surface area contributed by atoms with E-state index in [1.165, 1.54) is 11.0 Å². The molecule has 0 saturated carbocycles. The molecule has 0 aromatic heterocycles. The van der Waals surface area contributed by atoms with Crippen molar-refractivity contribution in [2.24, 2.45) is 0 Å². The second kappa shape index (κ2) is 7.95. The minimum atomic E-state index is -0.260. The number of amides is 2.